The molecule has 0 amide bonds. The van der Waals surface area contributed by atoms with Crippen LogP contribution in [0.4, 0.5) is 5.69 Å². The summed E-state index contributed by atoms with van der Waals surface area (Å²) in [6.07, 6.45) is 1.74. The Hall–Kier alpha value is -1.72. The summed E-state index contributed by atoms with van der Waals surface area (Å²) in [5, 5.41) is 19.5. The first-order chi connectivity index (χ1) is 8.17. The van der Waals surface area contributed by atoms with Crippen LogP contribution >= 0.6 is 0 Å². The molecule has 0 aliphatic rings. The highest BCUT2D eigenvalue weighted by Crippen LogP contribution is 2.14. The summed E-state index contributed by atoms with van der Waals surface area (Å²) in [6.45, 7) is 5.43. The quantitative estimate of drug-likeness (QED) is 0.443. The zero-order chi connectivity index (χ0) is 12.7. The van der Waals surface area contributed by atoms with Crippen molar-refractivity contribution in [1.29, 1.82) is 0 Å². The lowest BCUT2D eigenvalue weighted by molar-refractivity contribution is -0.384. The predicted octanol–water partition coefficient (Wildman–Crippen LogP) is 1.58. The molecule has 0 saturated heterocycles. The van der Waals surface area contributed by atoms with Gasteiger partial charge in [-0.05, 0) is 5.56 Å². The molecule has 0 spiro atoms. The minimum atomic E-state index is -0.409. The van der Waals surface area contributed by atoms with Gasteiger partial charge in [0.15, 0.2) is 0 Å². The number of rotatable bonds is 7. The minimum Gasteiger partial charge on any atom is -0.395 e. The zero-order valence-corrected chi connectivity index (χ0v) is 9.58. The van der Waals surface area contributed by atoms with Crippen molar-refractivity contribution in [3.8, 4) is 0 Å². The smallest absolute Gasteiger partial charge is 0.269 e. The number of nitrogens with zero attached hydrogens (tertiary/aromatic N) is 2. The van der Waals surface area contributed by atoms with Crippen molar-refractivity contribution in [3.05, 3.63) is 52.6 Å². The third-order valence-corrected chi connectivity index (χ3v) is 2.33. The first-order valence-corrected chi connectivity index (χ1v) is 5.35. The topological polar surface area (TPSA) is 66.6 Å². The van der Waals surface area contributed by atoms with Crippen molar-refractivity contribution < 1.29 is 10.0 Å². The van der Waals surface area contributed by atoms with Gasteiger partial charge in [0.25, 0.3) is 5.69 Å². The number of aliphatic hydroxyl groups is 1. The maximum atomic E-state index is 10.6. The van der Waals surface area contributed by atoms with E-state index < -0.39 is 4.92 Å². The van der Waals surface area contributed by atoms with Crippen LogP contribution in [0.15, 0.2) is 36.9 Å². The van der Waals surface area contributed by atoms with Crippen molar-refractivity contribution >= 4 is 5.69 Å². The number of nitro benzene ring substituents is 1. The second-order valence-corrected chi connectivity index (χ2v) is 3.67. The number of benzene rings is 1. The van der Waals surface area contributed by atoms with E-state index in [2.05, 4.69) is 6.58 Å². The van der Waals surface area contributed by atoms with Crippen LogP contribution in [-0.2, 0) is 6.54 Å². The van der Waals surface area contributed by atoms with Gasteiger partial charge in [-0.3, -0.25) is 15.0 Å². The Morgan fingerprint density at radius 1 is 1.53 bits per heavy atom. The maximum absolute atomic E-state index is 10.6. The molecule has 1 aromatic carbocycles. The Kier molecular flexibility index (Phi) is 5.32. The van der Waals surface area contributed by atoms with Crippen LogP contribution < -0.4 is 0 Å². The minimum absolute atomic E-state index is 0.0583. The molecule has 0 heterocycles. The summed E-state index contributed by atoms with van der Waals surface area (Å²) in [5.74, 6) is 0. The van der Waals surface area contributed by atoms with Gasteiger partial charge < -0.3 is 5.11 Å². The average molecular weight is 236 g/mol. The van der Waals surface area contributed by atoms with E-state index in [9.17, 15) is 10.1 Å². The summed E-state index contributed by atoms with van der Waals surface area (Å²) in [6, 6.07) is 6.51. The molecule has 0 bridgehead atoms. The predicted molar refractivity (Wildman–Crippen MR) is 65.7 cm³/mol. The second kappa shape index (κ2) is 6.78. The SMILES string of the molecule is C=CCN(CCO)Cc1cccc([N+](=O)[O-])c1. The van der Waals surface area contributed by atoms with Gasteiger partial charge in [-0.2, -0.15) is 0 Å². The summed E-state index contributed by atoms with van der Waals surface area (Å²) in [7, 11) is 0. The molecule has 0 unspecified atom stereocenters. The molecule has 0 aromatic heterocycles. The summed E-state index contributed by atoms with van der Waals surface area (Å²) in [5.41, 5.74) is 0.944. The van der Waals surface area contributed by atoms with Crippen molar-refractivity contribution in [2.75, 3.05) is 19.7 Å². The molecule has 5 nitrogen and oxygen atoms in total. The first kappa shape index (κ1) is 13.3. The molecular weight excluding hydrogens is 220 g/mol. The summed E-state index contributed by atoms with van der Waals surface area (Å²) < 4.78 is 0. The van der Waals surface area contributed by atoms with Crippen molar-refractivity contribution in [2.24, 2.45) is 0 Å². The number of hydrogen-bond donors (Lipinski definition) is 1. The second-order valence-electron chi connectivity index (χ2n) is 3.67. The van der Waals surface area contributed by atoms with E-state index in [1.807, 2.05) is 11.0 Å². The highest BCUT2D eigenvalue weighted by atomic mass is 16.6. The summed E-state index contributed by atoms with van der Waals surface area (Å²) in [4.78, 5) is 12.2. The van der Waals surface area contributed by atoms with E-state index >= 15 is 0 Å². The van der Waals surface area contributed by atoms with Crippen molar-refractivity contribution in [1.82, 2.24) is 4.90 Å². The lowest BCUT2D eigenvalue weighted by Crippen LogP contribution is -2.26. The van der Waals surface area contributed by atoms with E-state index in [-0.39, 0.29) is 12.3 Å². The van der Waals surface area contributed by atoms with E-state index in [1.165, 1.54) is 6.07 Å². The number of nitro groups is 1. The fourth-order valence-corrected chi connectivity index (χ4v) is 1.59. The fourth-order valence-electron chi connectivity index (χ4n) is 1.59. The molecule has 17 heavy (non-hydrogen) atoms. The third kappa shape index (κ3) is 4.34. The highest BCUT2D eigenvalue weighted by Gasteiger charge is 2.08. The summed E-state index contributed by atoms with van der Waals surface area (Å²) >= 11 is 0. The van der Waals surface area contributed by atoms with Gasteiger partial charge in [-0.25, -0.2) is 0 Å². The normalized spacial score (nSPS) is 10.5. The molecule has 5 heteroatoms. The molecule has 0 aliphatic heterocycles. The Bertz CT molecular complexity index is 393. The maximum Gasteiger partial charge on any atom is 0.269 e. The van der Waals surface area contributed by atoms with Crippen LogP contribution in [0.5, 0.6) is 0 Å². The zero-order valence-electron chi connectivity index (χ0n) is 9.58. The number of hydrogen-bond acceptors (Lipinski definition) is 4. The van der Waals surface area contributed by atoms with Gasteiger partial charge >= 0.3 is 0 Å². The molecule has 0 atom stereocenters. The molecule has 1 aromatic rings. The molecule has 0 radical (unpaired) electrons. The van der Waals surface area contributed by atoms with Crippen molar-refractivity contribution in [2.45, 2.75) is 6.54 Å². The van der Waals surface area contributed by atoms with Crippen LogP contribution in [-0.4, -0.2) is 34.6 Å². The largest absolute Gasteiger partial charge is 0.395 e. The third-order valence-electron chi connectivity index (χ3n) is 2.33. The Balaban J connectivity index is 2.74. The van der Waals surface area contributed by atoms with E-state index in [4.69, 9.17) is 5.11 Å². The van der Waals surface area contributed by atoms with Crippen LogP contribution in [0.25, 0.3) is 0 Å². The van der Waals surface area contributed by atoms with Crippen LogP contribution in [0, 0.1) is 10.1 Å². The van der Waals surface area contributed by atoms with Crippen LogP contribution in [0.1, 0.15) is 5.56 Å². The standard InChI is InChI=1S/C12H16N2O3/c1-2-6-13(7-8-15)10-11-4-3-5-12(9-11)14(16)17/h2-5,9,15H,1,6-8,10H2. The van der Waals surface area contributed by atoms with Gasteiger partial charge in [-0.15, -0.1) is 6.58 Å². The van der Waals surface area contributed by atoms with Gasteiger partial charge in [0.05, 0.1) is 11.5 Å². The van der Waals surface area contributed by atoms with Crippen LogP contribution in [0.3, 0.4) is 0 Å². The van der Waals surface area contributed by atoms with Gasteiger partial charge in [0.2, 0.25) is 0 Å². The fraction of sp³-hybridized carbons (Fsp3) is 0.333. The highest BCUT2D eigenvalue weighted by molar-refractivity contribution is 5.34. The monoisotopic (exact) mass is 236 g/mol. The van der Waals surface area contributed by atoms with E-state index in [0.29, 0.717) is 19.6 Å². The lowest BCUT2D eigenvalue weighted by Gasteiger charge is -2.19. The molecule has 1 N–H and O–H groups in total. The van der Waals surface area contributed by atoms with Gasteiger partial charge in [0, 0.05) is 31.8 Å². The lowest BCUT2D eigenvalue weighted by atomic mass is 10.2. The molecular formula is C12H16N2O3. The first-order valence-electron chi connectivity index (χ1n) is 5.35. The van der Waals surface area contributed by atoms with Gasteiger partial charge in [-0.1, -0.05) is 18.2 Å². The van der Waals surface area contributed by atoms with Gasteiger partial charge in [0.1, 0.15) is 0 Å². The van der Waals surface area contributed by atoms with E-state index in [1.54, 1.807) is 18.2 Å². The van der Waals surface area contributed by atoms with E-state index in [0.717, 1.165) is 5.56 Å². The van der Waals surface area contributed by atoms with Crippen LogP contribution in [0.2, 0.25) is 0 Å². The number of non-ortho nitro benzene ring substituents is 1. The molecule has 1 rings (SSSR count). The molecule has 0 aliphatic carbocycles. The Labute approximate surface area is 100 Å². The average Bonchev–Trinajstić information content (AvgIpc) is 2.30. The molecule has 92 valence electrons. The number of aliphatic hydroxyl groups excluding tert-OH is 1. The van der Waals surface area contributed by atoms with Crippen molar-refractivity contribution in [3.63, 3.8) is 0 Å². The Morgan fingerprint density at radius 2 is 2.29 bits per heavy atom. The Morgan fingerprint density at radius 3 is 2.88 bits per heavy atom. The molecule has 0 fully saturated rings. The molecule has 0 saturated carbocycles.